The number of rotatable bonds is 9. The Bertz CT molecular complexity index is 1540. The molecule has 1 aliphatic rings. The summed E-state index contributed by atoms with van der Waals surface area (Å²) >= 11 is 21.3. The molecule has 40 heavy (non-hydrogen) atoms. The van der Waals surface area contributed by atoms with E-state index in [0.29, 0.717) is 46.3 Å². The number of hydrogen-bond acceptors (Lipinski definition) is 9. The molecule has 2 aromatic heterocycles. The second-order valence-electron chi connectivity index (χ2n) is 8.75. The lowest BCUT2D eigenvalue weighted by atomic mass is 10.0. The van der Waals surface area contributed by atoms with Crippen LogP contribution in [0.3, 0.4) is 0 Å². The van der Waals surface area contributed by atoms with Gasteiger partial charge in [0.25, 0.3) is 0 Å². The summed E-state index contributed by atoms with van der Waals surface area (Å²) in [6, 6.07) is 11.4. The lowest BCUT2D eigenvalue weighted by Crippen LogP contribution is -2.11. The third-order valence-corrected chi connectivity index (χ3v) is 8.82. The fraction of sp³-hybridized carbons (Fsp3) is 0.346. The van der Waals surface area contributed by atoms with E-state index in [9.17, 15) is 4.79 Å². The van der Waals surface area contributed by atoms with Crippen LogP contribution in [0.2, 0.25) is 15.3 Å². The third kappa shape index (κ3) is 5.60. The molecule has 4 aromatic rings. The minimum atomic E-state index is -0.404. The van der Waals surface area contributed by atoms with Crippen molar-refractivity contribution in [3.63, 3.8) is 0 Å². The number of carbonyl (C=O) groups excluding carboxylic acids is 1. The zero-order valence-corrected chi connectivity index (χ0v) is 24.9. The molecule has 3 heterocycles. The van der Waals surface area contributed by atoms with Gasteiger partial charge in [0.2, 0.25) is 0 Å². The van der Waals surface area contributed by atoms with Gasteiger partial charge in [-0.05, 0) is 48.4 Å². The molecular weight excluding hydrogens is 599 g/mol. The van der Waals surface area contributed by atoms with E-state index >= 15 is 0 Å². The van der Waals surface area contributed by atoms with Crippen molar-refractivity contribution in [3.8, 4) is 17.2 Å². The van der Waals surface area contributed by atoms with E-state index < -0.39 is 5.97 Å². The highest BCUT2D eigenvalue weighted by Crippen LogP contribution is 2.54. The van der Waals surface area contributed by atoms with E-state index in [2.05, 4.69) is 20.4 Å². The maximum Gasteiger partial charge on any atom is 0.313 e. The Labute approximate surface area is 249 Å². The molecule has 10 nitrogen and oxygen atoms in total. The minimum absolute atomic E-state index is 0.0462. The molecule has 0 N–H and O–H groups in total. The first-order chi connectivity index (χ1) is 19.3. The van der Waals surface area contributed by atoms with Crippen LogP contribution in [-0.4, -0.2) is 56.6 Å². The molecule has 0 aliphatic carbocycles. The highest BCUT2D eigenvalue weighted by molar-refractivity contribution is 8.00. The van der Waals surface area contributed by atoms with Crippen molar-refractivity contribution in [1.29, 1.82) is 0 Å². The van der Waals surface area contributed by atoms with Crippen LogP contribution in [0, 0.1) is 0 Å². The summed E-state index contributed by atoms with van der Waals surface area (Å²) in [4.78, 5) is 17.9. The van der Waals surface area contributed by atoms with Crippen LogP contribution in [0.4, 0.5) is 0 Å². The number of benzene rings is 2. The quantitative estimate of drug-likeness (QED) is 0.210. The average molecular weight is 624 g/mol. The van der Waals surface area contributed by atoms with E-state index in [1.165, 1.54) is 4.80 Å². The molecule has 2 aromatic carbocycles. The molecule has 5 rings (SSSR count). The molecule has 0 fully saturated rings. The van der Waals surface area contributed by atoms with E-state index in [-0.39, 0.29) is 28.7 Å². The number of esters is 1. The number of halogens is 3. The summed E-state index contributed by atoms with van der Waals surface area (Å²) in [6.07, 6.45) is 0.503. The van der Waals surface area contributed by atoms with Gasteiger partial charge in [0.05, 0.1) is 43.6 Å². The van der Waals surface area contributed by atoms with Crippen LogP contribution in [0.25, 0.3) is 5.69 Å². The molecule has 0 saturated carbocycles. The van der Waals surface area contributed by atoms with Crippen LogP contribution in [0.15, 0.2) is 36.4 Å². The first-order valence-electron chi connectivity index (χ1n) is 12.4. The largest absolute Gasteiger partial charge is 0.493 e. The molecule has 2 atom stereocenters. The second-order valence-corrected chi connectivity index (χ2v) is 11.2. The molecule has 0 radical (unpaired) electrons. The molecule has 0 bridgehead atoms. The number of imidazole rings is 1. The van der Waals surface area contributed by atoms with Crippen molar-refractivity contribution in [1.82, 2.24) is 29.8 Å². The summed E-state index contributed by atoms with van der Waals surface area (Å²) in [7, 11) is 3.22. The Balaban J connectivity index is 1.55. The van der Waals surface area contributed by atoms with Crippen LogP contribution < -0.4 is 9.47 Å². The lowest BCUT2D eigenvalue weighted by molar-refractivity contribution is -0.142. The Morgan fingerprint density at radius 2 is 1.93 bits per heavy atom. The molecule has 0 amide bonds. The SMILES string of the molecule is CCOC(=O)Cc1nnn(CCC2SC(c3cccc(OC)c3OC)c3cc(Cl)ccc3-n3c2nc(Cl)c3Cl)n1. The van der Waals surface area contributed by atoms with Gasteiger partial charge in [-0.1, -0.05) is 46.9 Å². The molecule has 1 aliphatic heterocycles. The van der Waals surface area contributed by atoms with E-state index in [0.717, 1.165) is 16.8 Å². The summed E-state index contributed by atoms with van der Waals surface area (Å²) in [6.45, 7) is 2.43. The number of hydrogen-bond donors (Lipinski definition) is 0. The summed E-state index contributed by atoms with van der Waals surface area (Å²) in [5, 5.41) is 13.1. The summed E-state index contributed by atoms with van der Waals surface area (Å²) in [5.41, 5.74) is 2.63. The third-order valence-electron chi connectivity index (χ3n) is 6.32. The van der Waals surface area contributed by atoms with Gasteiger partial charge in [-0.25, -0.2) is 4.98 Å². The monoisotopic (exact) mass is 622 g/mol. The number of fused-ring (bicyclic) bond motifs is 3. The van der Waals surface area contributed by atoms with Crippen molar-refractivity contribution >= 4 is 52.5 Å². The highest BCUT2D eigenvalue weighted by Gasteiger charge is 2.35. The van der Waals surface area contributed by atoms with Crippen molar-refractivity contribution in [3.05, 3.63) is 74.5 Å². The van der Waals surface area contributed by atoms with Gasteiger partial charge in [0, 0.05) is 10.6 Å². The van der Waals surface area contributed by atoms with Gasteiger partial charge in [-0.15, -0.1) is 22.0 Å². The Kier molecular flexibility index (Phi) is 8.74. The van der Waals surface area contributed by atoms with Crippen LogP contribution in [-0.2, 0) is 22.5 Å². The second kappa shape index (κ2) is 12.3. The number of thioether (sulfide) groups is 1. The average Bonchev–Trinajstić information content (AvgIpc) is 3.47. The Hall–Kier alpha value is -2.99. The summed E-state index contributed by atoms with van der Waals surface area (Å²) in [5.74, 6) is 1.81. The zero-order chi connectivity index (χ0) is 28.4. The predicted molar refractivity (Wildman–Crippen MR) is 153 cm³/mol. The molecule has 0 saturated heterocycles. The van der Waals surface area contributed by atoms with Crippen molar-refractivity contribution < 1.29 is 19.0 Å². The number of para-hydroxylation sites is 1. The fourth-order valence-corrected chi connectivity index (χ4v) is 6.73. The van der Waals surface area contributed by atoms with Crippen LogP contribution in [0.1, 0.15) is 46.6 Å². The molecule has 0 spiro atoms. The Morgan fingerprint density at radius 3 is 2.67 bits per heavy atom. The number of ether oxygens (including phenoxy) is 3. The number of tetrazole rings is 1. The molecular formula is C26H25Cl3N6O4S. The van der Waals surface area contributed by atoms with Gasteiger partial charge >= 0.3 is 5.97 Å². The van der Waals surface area contributed by atoms with Gasteiger partial charge in [-0.3, -0.25) is 9.36 Å². The lowest BCUT2D eigenvalue weighted by Gasteiger charge is -2.24. The smallest absolute Gasteiger partial charge is 0.313 e. The molecule has 2 unspecified atom stereocenters. The van der Waals surface area contributed by atoms with Gasteiger partial charge in [0.1, 0.15) is 12.2 Å². The van der Waals surface area contributed by atoms with Gasteiger partial charge in [-0.2, -0.15) is 4.80 Å². The highest BCUT2D eigenvalue weighted by atomic mass is 35.5. The predicted octanol–water partition coefficient (Wildman–Crippen LogP) is 5.91. The van der Waals surface area contributed by atoms with Crippen LogP contribution in [0.5, 0.6) is 11.5 Å². The number of nitrogens with zero attached hydrogens (tertiary/aromatic N) is 6. The molecule has 210 valence electrons. The minimum Gasteiger partial charge on any atom is -0.493 e. The van der Waals surface area contributed by atoms with Crippen molar-refractivity contribution in [2.75, 3.05) is 20.8 Å². The maximum absolute atomic E-state index is 11.8. The zero-order valence-electron chi connectivity index (χ0n) is 21.8. The number of methoxy groups -OCH3 is 2. The molecule has 14 heteroatoms. The van der Waals surface area contributed by atoms with E-state index in [1.807, 2.05) is 41.0 Å². The number of carbonyl (C=O) groups is 1. The Morgan fingerprint density at radius 1 is 1.10 bits per heavy atom. The maximum atomic E-state index is 11.8. The van der Waals surface area contributed by atoms with Crippen molar-refractivity contribution in [2.24, 2.45) is 0 Å². The topological polar surface area (TPSA) is 106 Å². The first-order valence-corrected chi connectivity index (χ1v) is 14.4. The fourth-order valence-electron chi connectivity index (χ4n) is 4.64. The van der Waals surface area contributed by atoms with E-state index in [1.54, 1.807) is 32.9 Å². The standard InChI is InChI=1S/C26H25Cl3N6O4S/c1-4-39-21(36)13-20-31-33-34(32-20)11-10-19-26-30-24(28)25(29)35(26)17-9-8-14(27)12-16(17)23(40-19)15-6-5-7-18(37-2)22(15)38-3/h5-9,12,19,23H,4,10-11,13H2,1-3H3. The van der Waals surface area contributed by atoms with Crippen LogP contribution >= 0.6 is 46.6 Å². The number of aryl methyl sites for hydroxylation is 1. The first kappa shape index (κ1) is 28.5. The summed E-state index contributed by atoms with van der Waals surface area (Å²) < 4.78 is 18.2. The number of aromatic nitrogens is 6. The normalized spacial score (nSPS) is 16.1. The van der Waals surface area contributed by atoms with E-state index in [4.69, 9.17) is 49.0 Å². The van der Waals surface area contributed by atoms with Gasteiger partial charge < -0.3 is 14.2 Å². The van der Waals surface area contributed by atoms with Crippen molar-refractivity contribution in [2.45, 2.75) is 36.8 Å². The van der Waals surface area contributed by atoms with Gasteiger partial charge in [0.15, 0.2) is 27.6 Å².